The van der Waals surface area contributed by atoms with E-state index in [-0.39, 0.29) is 11.7 Å². The summed E-state index contributed by atoms with van der Waals surface area (Å²) in [6.07, 6.45) is 3.53. The van der Waals surface area contributed by atoms with Gasteiger partial charge in [0.25, 0.3) is 5.91 Å². The minimum absolute atomic E-state index is 0.136. The van der Waals surface area contributed by atoms with E-state index in [1.807, 2.05) is 23.7 Å². The molecule has 0 aliphatic rings. The van der Waals surface area contributed by atoms with Crippen molar-refractivity contribution in [3.63, 3.8) is 0 Å². The van der Waals surface area contributed by atoms with Crippen molar-refractivity contribution >= 4 is 28.6 Å². The van der Waals surface area contributed by atoms with Gasteiger partial charge in [-0.2, -0.15) is 5.10 Å². The Balaban J connectivity index is 1.45. The van der Waals surface area contributed by atoms with E-state index >= 15 is 0 Å². The van der Waals surface area contributed by atoms with Crippen LogP contribution in [0.25, 0.3) is 15.6 Å². The Kier molecular flexibility index (Phi) is 4.83. The van der Waals surface area contributed by atoms with Gasteiger partial charge in [0.1, 0.15) is 16.5 Å². The van der Waals surface area contributed by atoms with Crippen LogP contribution in [-0.4, -0.2) is 32.6 Å². The number of thiophene rings is 1. The lowest BCUT2D eigenvalue weighted by molar-refractivity contribution is 0.0780. The number of rotatable bonds is 5. The smallest absolute Gasteiger partial charge is 0.273 e. The molecule has 1 aromatic carbocycles. The highest BCUT2D eigenvalue weighted by atomic mass is 32.1. The number of halogens is 1. The summed E-state index contributed by atoms with van der Waals surface area (Å²) in [5, 5.41) is 8.91. The molecular formula is C19H15FN4OS2. The summed E-state index contributed by atoms with van der Waals surface area (Å²) in [6, 6.07) is 10.0. The molecule has 4 aromatic rings. The Morgan fingerprint density at radius 3 is 2.78 bits per heavy atom. The van der Waals surface area contributed by atoms with Crippen molar-refractivity contribution in [2.45, 2.75) is 6.54 Å². The van der Waals surface area contributed by atoms with Crippen molar-refractivity contribution in [3.8, 4) is 15.6 Å². The molecule has 0 saturated heterocycles. The maximum Gasteiger partial charge on any atom is 0.273 e. The van der Waals surface area contributed by atoms with Gasteiger partial charge >= 0.3 is 0 Å². The Morgan fingerprint density at radius 1 is 1.22 bits per heavy atom. The maximum absolute atomic E-state index is 13.0. The summed E-state index contributed by atoms with van der Waals surface area (Å²) >= 11 is 3.07. The zero-order chi connectivity index (χ0) is 18.8. The second kappa shape index (κ2) is 7.42. The third-order valence-corrected chi connectivity index (χ3v) is 5.83. The summed E-state index contributed by atoms with van der Waals surface area (Å²) < 4.78 is 14.7. The Morgan fingerprint density at radius 2 is 2.04 bits per heavy atom. The fraction of sp³-hybridized carbons (Fsp3) is 0.105. The van der Waals surface area contributed by atoms with Gasteiger partial charge in [-0.15, -0.1) is 22.7 Å². The van der Waals surface area contributed by atoms with Crippen LogP contribution in [0.1, 0.15) is 16.1 Å². The Labute approximate surface area is 163 Å². The first-order chi connectivity index (χ1) is 13.1. The first kappa shape index (κ1) is 17.6. The molecule has 0 aliphatic heterocycles. The maximum atomic E-state index is 13.0. The summed E-state index contributed by atoms with van der Waals surface area (Å²) in [6.45, 7) is 0.409. The van der Waals surface area contributed by atoms with Crippen LogP contribution in [0, 0.1) is 5.82 Å². The molecule has 4 rings (SSSR count). The topological polar surface area (TPSA) is 51.0 Å². The van der Waals surface area contributed by atoms with E-state index in [9.17, 15) is 9.18 Å². The summed E-state index contributed by atoms with van der Waals surface area (Å²) in [5.41, 5.74) is 2.08. The van der Waals surface area contributed by atoms with Crippen LogP contribution in [0.4, 0.5) is 4.39 Å². The van der Waals surface area contributed by atoms with Gasteiger partial charge in [0.15, 0.2) is 0 Å². The number of carbonyl (C=O) groups is 1. The highest BCUT2D eigenvalue weighted by molar-refractivity contribution is 7.20. The molecular weight excluding hydrogens is 383 g/mol. The minimum atomic E-state index is -0.290. The van der Waals surface area contributed by atoms with Gasteiger partial charge in [-0.05, 0) is 35.7 Å². The van der Waals surface area contributed by atoms with Crippen LogP contribution < -0.4 is 0 Å². The summed E-state index contributed by atoms with van der Waals surface area (Å²) in [7, 11) is 1.74. The van der Waals surface area contributed by atoms with Crippen LogP contribution in [0.5, 0.6) is 0 Å². The standard InChI is InChI=1S/C19H15FN4OS2/c1-23(19(25)16-12-27-18(22-16)17-3-2-8-26-17)10-13-9-21-24(11-13)15-6-4-14(20)5-7-15/h2-9,11-12H,10H2,1H3. The van der Waals surface area contributed by atoms with Gasteiger partial charge in [-0.1, -0.05) is 6.07 Å². The number of hydrogen-bond acceptors (Lipinski definition) is 5. The lowest BCUT2D eigenvalue weighted by Gasteiger charge is -2.14. The van der Waals surface area contributed by atoms with Crippen LogP contribution in [-0.2, 0) is 6.54 Å². The molecule has 0 unspecified atom stereocenters. The number of nitrogens with zero attached hydrogens (tertiary/aromatic N) is 4. The molecule has 3 aromatic heterocycles. The average molecular weight is 398 g/mol. The quantitative estimate of drug-likeness (QED) is 0.498. The minimum Gasteiger partial charge on any atom is -0.336 e. The molecule has 5 nitrogen and oxygen atoms in total. The number of carbonyl (C=O) groups excluding carboxylic acids is 1. The molecule has 8 heteroatoms. The molecule has 0 spiro atoms. The third-order valence-electron chi connectivity index (χ3n) is 3.95. The highest BCUT2D eigenvalue weighted by Gasteiger charge is 2.17. The zero-order valence-electron chi connectivity index (χ0n) is 14.4. The number of amides is 1. The average Bonchev–Trinajstić information content (AvgIpc) is 3.42. The Bertz CT molecular complexity index is 1050. The molecule has 0 saturated carbocycles. The van der Waals surface area contributed by atoms with Crippen LogP contribution in [0.2, 0.25) is 0 Å². The molecule has 0 N–H and O–H groups in total. The normalized spacial score (nSPS) is 10.9. The van der Waals surface area contributed by atoms with Gasteiger partial charge in [0.2, 0.25) is 0 Å². The second-order valence-electron chi connectivity index (χ2n) is 5.95. The largest absolute Gasteiger partial charge is 0.336 e. The van der Waals surface area contributed by atoms with E-state index in [2.05, 4.69) is 10.1 Å². The van der Waals surface area contributed by atoms with Crippen molar-refractivity contribution in [3.05, 3.63) is 76.6 Å². The number of hydrogen-bond donors (Lipinski definition) is 0. The predicted molar refractivity (Wildman–Crippen MR) is 105 cm³/mol. The first-order valence-corrected chi connectivity index (χ1v) is 9.90. The van der Waals surface area contributed by atoms with Crippen molar-refractivity contribution in [2.75, 3.05) is 7.05 Å². The van der Waals surface area contributed by atoms with E-state index in [0.29, 0.717) is 12.2 Å². The predicted octanol–water partition coefficient (Wildman–Crippen LogP) is 4.47. The van der Waals surface area contributed by atoms with E-state index in [1.54, 1.807) is 51.7 Å². The molecule has 27 heavy (non-hydrogen) atoms. The van der Waals surface area contributed by atoms with Gasteiger partial charge < -0.3 is 4.90 Å². The summed E-state index contributed by atoms with van der Waals surface area (Å²) in [5.74, 6) is -0.426. The monoisotopic (exact) mass is 398 g/mol. The van der Waals surface area contributed by atoms with E-state index in [0.717, 1.165) is 21.1 Å². The first-order valence-electron chi connectivity index (χ1n) is 8.14. The van der Waals surface area contributed by atoms with Crippen LogP contribution in [0.15, 0.2) is 59.6 Å². The molecule has 1 amide bonds. The molecule has 0 fully saturated rings. The molecule has 0 radical (unpaired) electrons. The lowest BCUT2D eigenvalue weighted by Crippen LogP contribution is -2.26. The fourth-order valence-corrected chi connectivity index (χ4v) is 4.21. The van der Waals surface area contributed by atoms with Crippen molar-refractivity contribution in [2.24, 2.45) is 0 Å². The van der Waals surface area contributed by atoms with Gasteiger partial charge in [-0.3, -0.25) is 4.79 Å². The summed E-state index contributed by atoms with van der Waals surface area (Å²) in [4.78, 5) is 19.8. The van der Waals surface area contributed by atoms with E-state index in [4.69, 9.17) is 0 Å². The van der Waals surface area contributed by atoms with Crippen LogP contribution >= 0.6 is 22.7 Å². The lowest BCUT2D eigenvalue weighted by atomic mass is 10.3. The van der Waals surface area contributed by atoms with E-state index < -0.39 is 0 Å². The molecule has 3 heterocycles. The molecule has 0 bridgehead atoms. The van der Waals surface area contributed by atoms with Crippen molar-refractivity contribution in [1.29, 1.82) is 0 Å². The molecule has 0 atom stereocenters. The Hall–Kier alpha value is -2.84. The third kappa shape index (κ3) is 3.81. The van der Waals surface area contributed by atoms with Gasteiger partial charge in [0.05, 0.1) is 16.8 Å². The SMILES string of the molecule is CN(Cc1cnn(-c2ccc(F)cc2)c1)C(=O)c1csc(-c2cccs2)n1. The zero-order valence-corrected chi connectivity index (χ0v) is 16.0. The van der Waals surface area contributed by atoms with Crippen molar-refractivity contribution in [1.82, 2.24) is 19.7 Å². The van der Waals surface area contributed by atoms with Gasteiger partial charge in [0, 0.05) is 30.7 Å². The van der Waals surface area contributed by atoms with Crippen molar-refractivity contribution < 1.29 is 9.18 Å². The molecule has 0 aliphatic carbocycles. The second-order valence-corrected chi connectivity index (χ2v) is 7.75. The molecule has 136 valence electrons. The van der Waals surface area contributed by atoms with E-state index in [1.165, 1.54) is 23.5 Å². The van der Waals surface area contributed by atoms with Gasteiger partial charge in [-0.25, -0.2) is 14.1 Å². The fourth-order valence-electron chi connectivity index (χ4n) is 2.60. The van der Waals surface area contributed by atoms with Crippen LogP contribution in [0.3, 0.4) is 0 Å². The number of benzene rings is 1. The number of aromatic nitrogens is 3. The number of thiazole rings is 1. The highest BCUT2D eigenvalue weighted by Crippen LogP contribution is 2.28.